The summed E-state index contributed by atoms with van der Waals surface area (Å²) in [6, 6.07) is 10.6. The van der Waals surface area contributed by atoms with Crippen LogP contribution in [0.25, 0.3) is 0 Å². The van der Waals surface area contributed by atoms with E-state index >= 15 is 0 Å². The second-order valence-corrected chi connectivity index (χ2v) is 6.30. The average Bonchev–Trinajstić information content (AvgIpc) is 3.03. The van der Waals surface area contributed by atoms with E-state index < -0.39 is 6.04 Å². The Hall–Kier alpha value is -2.69. The molecule has 5 heteroatoms. The van der Waals surface area contributed by atoms with Crippen LogP contribution >= 0.6 is 0 Å². The number of hydrogen-bond donors (Lipinski definition) is 1. The van der Waals surface area contributed by atoms with Gasteiger partial charge in [-0.05, 0) is 36.1 Å². The van der Waals surface area contributed by atoms with Crippen LogP contribution in [-0.2, 0) is 11.2 Å². The number of rotatable bonds is 4. The van der Waals surface area contributed by atoms with E-state index in [1.807, 2.05) is 38.1 Å². The minimum Gasteiger partial charge on any atom is -0.340 e. The molecule has 0 saturated carbocycles. The van der Waals surface area contributed by atoms with Crippen molar-refractivity contribution >= 4 is 17.5 Å². The molecule has 5 nitrogen and oxygen atoms in total. The lowest BCUT2D eigenvalue weighted by atomic mass is 10.0. The summed E-state index contributed by atoms with van der Waals surface area (Å²) in [5, 5.41) is 2.88. The second-order valence-electron chi connectivity index (χ2n) is 6.30. The quantitative estimate of drug-likeness (QED) is 0.940. The van der Waals surface area contributed by atoms with Gasteiger partial charge in [-0.1, -0.05) is 32.0 Å². The van der Waals surface area contributed by atoms with Crippen LogP contribution in [0.15, 0.2) is 48.8 Å². The highest BCUT2D eigenvalue weighted by Gasteiger charge is 2.32. The SMILES string of the molecule is CC(C)[C@H](NC(=O)c1ccncc1)C(=O)N1CCc2ccccc21. The summed E-state index contributed by atoms with van der Waals surface area (Å²) in [5.41, 5.74) is 2.63. The number of benzene rings is 1. The van der Waals surface area contributed by atoms with Crippen LogP contribution in [0.1, 0.15) is 29.8 Å². The van der Waals surface area contributed by atoms with E-state index in [2.05, 4.69) is 10.3 Å². The van der Waals surface area contributed by atoms with Crippen molar-refractivity contribution in [3.05, 3.63) is 59.9 Å². The molecule has 0 bridgehead atoms. The molecule has 1 aromatic carbocycles. The standard InChI is InChI=1S/C19H21N3O2/c1-13(2)17(21-18(23)15-7-10-20-11-8-15)19(24)22-12-9-14-5-3-4-6-16(14)22/h3-8,10-11,13,17H,9,12H2,1-2H3,(H,21,23)/t17-/m0/s1. The lowest BCUT2D eigenvalue weighted by Crippen LogP contribution is -2.51. The number of hydrogen-bond acceptors (Lipinski definition) is 3. The van der Waals surface area contributed by atoms with E-state index in [0.717, 1.165) is 12.1 Å². The number of anilines is 1. The van der Waals surface area contributed by atoms with E-state index in [9.17, 15) is 9.59 Å². The molecule has 1 aliphatic rings. The molecule has 24 heavy (non-hydrogen) atoms. The van der Waals surface area contributed by atoms with Gasteiger partial charge in [0, 0.05) is 30.2 Å². The molecule has 124 valence electrons. The molecule has 2 amide bonds. The van der Waals surface area contributed by atoms with Crippen molar-refractivity contribution in [3.8, 4) is 0 Å². The van der Waals surface area contributed by atoms with Crippen LogP contribution in [-0.4, -0.2) is 29.4 Å². The summed E-state index contributed by atoms with van der Waals surface area (Å²) < 4.78 is 0. The molecule has 2 aromatic rings. The predicted molar refractivity (Wildman–Crippen MR) is 92.8 cm³/mol. The fourth-order valence-electron chi connectivity index (χ4n) is 2.98. The van der Waals surface area contributed by atoms with Crippen molar-refractivity contribution in [2.45, 2.75) is 26.3 Å². The molecule has 0 aliphatic carbocycles. The van der Waals surface area contributed by atoms with Gasteiger partial charge in [-0.3, -0.25) is 14.6 Å². The van der Waals surface area contributed by atoms with Gasteiger partial charge in [0.05, 0.1) is 0 Å². The summed E-state index contributed by atoms with van der Waals surface area (Å²) in [6.45, 7) is 4.54. The van der Waals surface area contributed by atoms with Crippen LogP contribution in [0.3, 0.4) is 0 Å². The zero-order valence-corrected chi connectivity index (χ0v) is 13.9. The summed E-state index contributed by atoms with van der Waals surface area (Å²) in [7, 11) is 0. The Morgan fingerprint density at radius 3 is 2.54 bits per heavy atom. The summed E-state index contributed by atoms with van der Waals surface area (Å²) >= 11 is 0. The Morgan fingerprint density at radius 2 is 1.83 bits per heavy atom. The first-order valence-electron chi connectivity index (χ1n) is 8.18. The maximum absolute atomic E-state index is 13.0. The number of pyridine rings is 1. The first-order valence-corrected chi connectivity index (χ1v) is 8.18. The third-order valence-electron chi connectivity index (χ3n) is 4.32. The van der Waals surface area contributed by atoms with Crippen molar-refractivity contribution in [1.82, 2.24) is 10.3 Å². The number of carbonyl (C=O) groups is 2. The number of nitrogens with one attached hydrogen (secondary N) is 1. The molecule has 0 unspecified atom stereocenters. The van der Waals surface area contributed by atoms with Crippen molar-refractivity contribution in [1.29, 1.82) is 0 Å². The molecule has 1 aliphatic heterocycles. The average molecular weight is 323 g/mol. The minimum atomic E-state index is -0.558. The number of aromatic nitrogens is 1. The van der Waals surface area contributed by atoms with E-state index in [1.165, 1.54) is 5.56 Å². The molecule has 3 rings (SSSR count). The Bertz CT molecular complexity index is 743. The number of carbonyl (C=O) groups excluding carboxylic acids is 2. The van der Waals surface area contributed by atoms with Gasteiger partial charge in [0.15, 0.2) is 0 Å². The van der Waals surface area contributed by atoms with E-state index in [4.69, 9.17) is 0 Å². The number of fused-ring (bicyclic) bond motifs is 1. The Morgan fingerprint density at radius 1 is 1.12 bits per heavy atom. The van der Waals surface area contributed by atoms with E-state index in [1.54, 1.807) is 29.4 Å². The van der Waals surface area contributed by atoms with Crippen LogP contribution in [0.2, 0.25) is 0 Å². The normalized spacial score (nSPS) is 14.4. The highest BCUT2D eigenvalue weighted by atomic mass is 16.2. The summed E-state index contributed by atoms with van der Waals surface area (Å²) in [6.07, 6.45) is 3.99. The maximum atomic E-state index is 13.0. The first-order chi connectivity index (χ1) is 11.6. The third kappa shape index (κ3) is 3.15. The van der Waals surface area contributed by atoms with Crippen molar-refractivity contribution in [2.75, 3.05) is 11.4 Å². The fraction of sp³-hybridized carbons (Fsp3) is 0.316. The van der Waals surface area contributed by atoms with Gasteiger partial charge in [0.2, 0.25) is 5.91 Å². The first kappa shape index (κ1) is 16.2. The molecule has 1 atom stereocenters. The number of para-hydroxylation sites is 1. The van der Waals surface area contributed by atoms with Crippen molar-refractivity contribution < 1.29 is 9.59 Å². The molecule has 0 fully saturated rings. The van der Waals surface area contributed by atoms with E-state index in [0.29, 0.717) is 12.1 Å². The van der Waals surface area contributed by atoms with Gasteiger partial charge in [0.1, 0.15) is 6.04 Å². The Labute approximate surface area is 141 Å². The lowest BCUT2D eigenvalue weighted by molar-refractivity contribution is -0.121. The van der Waals surface area contributed by atoms with E-state index in [-0.39, 0.29) is 17.7 Å². The van der Waals surface area contributed by atoms with Crippen molar-refractivity contribution in [3.63, 3.8) is 0 Å². The summed E-state index contributed by atoms with van der Waals surface area (Å²) in [4.78, 5) is 31.1. The highest BCUT2D eigenvalue weighted by Crippen LogP contribution is 2.28. The Kier molecular flexibility index (Phi) is 4.60. The van der Waals surface area contributed by atoms with Gasteiger partial charge < -0.3 is 10.2 Å². The summed E-state index contributed by atoms with van der Waals surface area (Å²) in [5.74, 6) is -0.315. The van der Waals surface area contributed by atoms with Gasteiger partial charge in [-0.25, -0.2) is 0 Å². The smallest absolute Gasteiger partial charge is 0.252 e. The van der Waals surface area contributed by atoms with Crippen LogP contribution < -0.4 is 10.2 Å². The molecule has 0 radical (unpaired) electrons. The Balaban J connectivity index is 1.79. The number of amides is 2. The largest absolute Gasteiger partial charge is 0.340 e. The van der Waals surface area contributed by atoms with Crippen LogP contribution in [0.4, 0.5) is 5.69 Å². The van der Waals surface area contributed by atoms with Gasteiger partial charge in [0.25, 0.3) is 5.91 Å². The van der Waals surface area contributed by atoms with Gasteiger partial charge in [-0.15, -0.1) is 0 Å². The monoisotopic (exact) mass is 323 g/mol. The molecular formula is C19H21N3O2. The minimum absolute atomic E-state index is 0.00366. The second kappa shape index (κ2) is 6.83. The molecule has 0 spiro atoms. The van der Waals surface area contributed by atoms with Crippen molar-refractivity contribution in [2.24, 2.45) is 5.92 Å². The number of nitrogens with zero attached hydrogens (tertiary/aromatic N) is 2. The zero-order chi connectivity index (χ0) is 17.1. The molecule has 1 aromatic heterocycles. The topological polar surface area (TPSA) is 62.3 Å². The van der Waals surface area contributed by atoms with Gasteiger partial charge in [-0.2, -0.15) is 0 Å². The zero-order valence-electron chi connectivity index (χ0n) is 13.9. The predicted octanol–water partition coefficient (Wildman–Crippen LogP) is 2.43. The molecule has 1 N–H and O–H groups in total. The fourth-order valence-corrected chi connectivity index (χ4v) is 2.98. The molecule has 2 heterocycles. The molecule has 0 saturated heterocycles. The third-order valence-corrected chi connectivity index (χ3v) is 4.32. The lowest BCUT2D eigenvalue weighted by Gasteiger charge is -2.27. The maximum Gasteiger partial charge on any atom is 0.252 e. The molecular weight excluding hydrogens is 302 g/mol. The van der Waals surface area contributed by atoms with Crippen LogP contribution in [0.5, 0.6) is 0 Å². The van der Waals surface area contributed by atoms with Gasteiger partial charge >= 0.3 is 0 Å². The van der Waals surface area contributed by atoms with Crippen LogP contribution in [0, 0.1) is 5.92 Å². The highest BCUT2D eigenvalue weighted by molar-refractivity contribution is 6.03.